The van der Waals surface area contributed by atoms with Gasteiger partial charge in [-0.05, 0) is 50.2 Å². The summed E-state index contributed by atoms with van der Waals surface area (Å²) in [7, 11) is 0. The van der Waals surface area contributed by atoms with Gasteiger partial charge in [0.1, 0.15) is 18.1 Å². The molecule has 0 aromatic heterocycles. The van der Waals surface area contributed by atoms with Crippen LogP contribution in [-0.2, 0) is 25.6 Å². The number of amides is 3. The molecule has 0 bridgehead atoms. The Morgan fingerprint density at radius 1 is 0.974 bits per heavy atom. The molecular weight excluding hydrogens is 514 g/mol. The number of nitrogens with two attached hydrogens (primary N) is 3. The number of carbonyl (C=O) groups is 4. The number of nitrogens with one attached hydrogen (secondary N) is 3. The Kier molecular flexibility index (Phi) is 14.8. The van der Waals surface area contributed by atoms with Crippen LogP contribution in [0.3, 0.4) is 0 Å². The zero-order chi connectivity index (χ0) is 28.7. The second kappa shape index (κ2) is 17.2. The second-order valence-corrected chi connectivity index (χ2v) is 9.70. The van der Waals surface area contributed by atoms with Crippen molar-refractivity contribution in [3.63, 3.8) is 0 Å². The lowest BCUT2D eigenvalue weighted by Crippen LogP contribution is -2.60. The van der Waals surface area contributed by atoms with Gasteiger partial charge in [0.2, 0.25) is 17.7 Å². The molecule has 0 aliphatic rings. The van der Waals surface area contributed by atoms with Crippen molar-refractivity contribution in [1.29, 1.82) is 0 Å². The maximum Gasteiger partial charge on any atom is 0.326 e. The molecule has 13 nitrogen and oxygen atoms in total. The van der Waals surface area contributed by atoms with Crippen molar-refractivity contribution in [2.75, 3.05) is 18.6 Å². The number of carbonyl (C=O) groups excluding carboxylic acids is 3. The van der Waals surface area contributed by atoms with E-state index in [0.29, 0.717) is 5.75 Å². The van der Waals surface area contributed by atoms with Gasteiger partial charge >= 0.3 is 5.97 Å². The summed E-state index contributed by atoms with van der Waals surface area (Å²) in [6.07, 6.45) is 1.28. The number of hydrogen-bond donors (Lipinski definition) is 8. The highest BCUT2D eigenvalue weighted by Crippen LogP contribution is 2.07. The number of benzene rings is 1. The number of carboxylic acid groups (broad SMARTS) is 1. The Morgan fingerprint density at radius 3 is 2.16 bits per heavy atom. The molecule has 0 spiro atoms. The van der Waals surface area contributed by atoms with Gasteiger partial charge in [-0.1, -0.05) is 30.3 Å². The summed E-state index contributed by atoms with van der Waals surface area (Å²) >= 11 is 1.46. The van der Waals surface area contributed by atoms with E-state index >= 15 is 0 Å². The van der Waals surface area contributed by atoms with Crippen LogP contribution in [0.4, 0.5) is 0 Å². The van der Waals surface area contributed by atoms with E-state index in [1.54, 1.807) is 0 Å². The number of nitrogens with zero attached hydrogens (tertiary/aromatic N) is 1. The van der Waals surface area contributed by atoms with Crippen LogP contribution >= 0.6 is 11.8 Å². The van der Waals surface area contributed by atoms with Crippen LogP contribution in [0, 0.1) is 0 Å². The summed E-state index contributed by atoms with van der Waals surface area (Å²) in [4.78, 5) is 54.0. The van der Waals surface area contributed by atoms with Crippen LogP contribution in [0.25, 0.3) is 0 Å². The van der Waals surface area contributed by atoms with E-state index in [0.717, 1.165) is 5.56 Å². The highest BCUT2D eigenvalue weighted by Gasteiger charge is 2.32. The first kappa shape index (κ1) is 32.7. The molecule has 14 heteroatoms. The molecule has 1 rings (SSSR count). The standard InChI is InChI=1S/C24H39N7O6S/c1-14(32)19(22(35)30-18(23(36)37)9-6-11-28-24(26)27)31-21(34)17(10-12-38-2)29-20(33)16(25)13-15-7-4-3-5-8-15/h3-5,7-8,14,16-19,32H,6,9-13,25H2,1-2H3,(H,29,33)(H,30,35)(H,31,34)(H,36,37)(H4,26,27,28). The molecule has 0 saturated carbocycles. The smallest absolute Gasteiger partial charge is 0.326 e. The third kappa shape index (κ3) is 12.3. The first-order valence-electron chi connectivity index (χ1n) is 12.1. The van der Waals surface area contributed by atoms with Crippen molar-refractivity contribution in [2.24, 2.45) is 22.2 Å². The highest BCUT2D eigenvalue weighted by molar-refractivity contribution is 7.98. The predicted octanol–water partition coefficient (Wildman–Crippen LogP) is -1.72. The van der Waals surface area contributed by atoms with E-state index in [1.165, 1.54) is 18.7 Å². The lowest BCUT2D eigenvalue weighted by Gasteiger charge is -2.26. The number of aliphatic hydroxyl groups is 1. The van der Waals surface area contributed by atoms with Gasteiger partial charge in [-0.2, -0.15) is 11.8 Å². The summed E-state index contributed by atoms with van der Waals surface area (Å²) < 4.78 is 0. The number of aliphatic imine (C=N–C) groups is 1. The van der Waals surface area contributed by atoms with Crippen molar-refractivity contribution in [2.45, 2.75) is 62.9 Å². The van der Waals surface area contributed by atoms with Crippen LogP contribution in [0.1, 0.15) is 31.7 Å². The molecule has 0 aliphatic heterocycles. The fourth-order valence-electron chi connectivity index (χ4n) is 3.43. The van der Waals surface area contributed by atoms with E-state index < -0.39 is 54.0 Å². The van der Waals surface area contributed by atoms with Gasteiger partial charge in [-0.25, -0.2) is 4.79 Å². The fourth-order valence-corrected chi connectivity index (χ4v) is 3.90. The van der Waals surface area contributed by atoms with Crippen molar-refractivity contribution >= 4 is 41.4 Å². The summed E-state index contributed by atoms with van der Waals surface area (Å²) in [6, 6.07) is 4.48. The Bertz CT molecular complexity index is 943. The van der Waals surface area contributed by atoms with Gasteiger partial charge in [0.15, 0.2) is 5.96 Å². The van der Waals surface area contributed by atoms with Crippen LogP contribution in [0.5, 0.6) is 0 Å². The van der Waals surface area contributed by atoms with Crippen LogP contribution in [0.15, 0.2) is 35.3 Å². The monoisotopic (exact) mass is 553 g/mol. The number of guanidine groups is 1. The normalized spacial score (nSPS) is 14.7. The number of aliphatic carboxylic acids is 1. The average Bonchev–Trinajstić information content (AvgIpc) is 2.86. The molecular formula is C24H39N7O6S. The summed E-state index contributed by atoms with van der Waals surface area (Å²) in [5, 5.41) is 27.0. The third-order valence-electron chi connectivity index (χ3n) is 5.50. The summed E-state index contributed by atoms with van der Waals surface area (Å²) in [5.41, 5.74) is 17.4. The molecule has 1 aromatic rings. The van der Waals surface area contributed by atoms with Crippen molar-refractivity contribution in [3.8, 4) is 0 Å². The Hall–Kier alpha value is -3.36. The number of rotatable bonds is 17. The van der Waals surface area contributed by atoms with Gasteiger partial charge in [-0.15, -0.1) is 0 Å². The van der Waals surface area contributed by atoms with Crippen LogP contribution in [0.2, 0.25) is 0 Å². The van der Waals surface area contributed by atoms with E-state index in [1.807, 2.05) is 36.6 Å². The molecule has 38 heavy (non-hydrogen) atoms. The van der Waals surface area contributed by atoms with Crippen LogP contribution < -0.4 is 33.2 Å². The maximum absolute atomic E-state index is 13.1. The molecule has 11 N–H and O–H groups in total. The molecule has 0 saturated heterocycles. The summed E-state index contributed by atoms with van der Waals surface area (Å²) in [5.74, 6) is -3.05. The zero-order valence-corrected chi connectivity index (χ0v) is 22.4. The average molecular weight is 554 g/mol. The molecule has 5 unspecified atom stereocenters. The van der Waals surface area contributed by atoms with Gasteiger partial charge < -0.3 is 43.4 Å². The Balaban J connectivity index is 2.87. The molecule has 0 fully saturated rings. The lowest BCUT2D eigenvalue weighted by atomic mass is 10.0. The van der Waals surface area contributed by atoms with E-state index in [2.05, 4.69) is 20.9 Å². The molecule has 5 atom stereocenters. The minimum atomic E-state index is -1.46. The molecule has 3 amide bonds. The predicted molar refractivity (Wildman–Crippen MR) is 146 cm³/mol. The highest BCUT2D eigenvalue weighted by atomic mass is 32.2. The maximum atomic E-state index is 13.1. The van der Waals surface area contributed by atoms with Gasteiger partial charge in [-0.3, -0.25) is 19.4 Å². The number of thioether (sulfide) groups is 1. The first-order valence-corrected chi connectivity index (χ1v) is 13.5. The lowest BCUT2D eigenvalue weighted by molar-refractivity contribution is -0.143. The molecule has 0 aliphatic carbocycles. The zero-order valence-electron chi connectivity index (χ0n) is 21.6. The third-order valence-corrected chi connectivity index (χ3v) is 6.15. The SMILES string of the molecule is CSCCC(NC(=O)C(N)Cc1ccccc1)C(=O)NC(C(=O)NC(CCCN=C(N)N)C(=O)O)C(C)O. The molecule has 1 aromatic carbocycles. The summed E-state index contributed by atoms with van der Waals surface area (Å²) in [6.45, 7) is 1.45. The van der Waals surface area contributed by atoms with Gasteiger partial charge in [0, 0.05) is 6.54 Å². The van der Waals surface area contributed by atoms with Gasteiger partial charge in [0.25, 0.3) is 0 Å². The number of carboxylic acids is 1. The minimum absolute atomic E-state index is 0.0179. The van der Waals surface area contributed by atoms with E-state index in [4.69, 9.17) is 17.2 Å². The van der Waals surface area contributed by atoms with E-state index in [-0.39, 0.29) is 38.2 Å². The molecule has 212 valence electrons. The second-order valence-electron chi connectivity index (χ2n) is 8.71. The Morgan fingerprint density at radius 2 is 1.61 bits per heavy atom. The topological polar surface area (TPSA) is 235 Å². The minimum Gasteiger partial charge on any atom is -0.480 e. The van der Waals surface area contributed by atoms with Crippen molar-refractivity contribution in [3.05, 3.63) is 35.9 Å². The van der Waals surface area contributed by atoms with Crippen LogP contribution in [-0.4, -0.2) is 88.7 Å². The number of hydrogen-bond acceptors (Lipinski definition) is 8. The number of aliphatic hydroxyl groups excluding tert-OH is 1. The first-order chi connectivity index (χ1) is 18.0. The molecule has 0 heterocycles. The Labute approximate surface area is 226 Å². The largest absolute Gasteiger partial charge is 0.480 e. The van der Waals surface area contributed by atoms with Gasteiger partial charge in [0.05, 0.1) is 12.1 Å². The quantitative estimate of drug-likeness (QED) is 0.0617. The van der Waals surface area contributed by atoms with Crippen molar-refractivity contribution < 1.29 is 29.4 Å². The van der Waals surface area contributed by atoms with E-state index in [9.17, 15) is 29.4 Å². The van der Waals surface area contributed by atoms with Crippen molar-refractivity contribution in [1.82, 2.24) is 16.0 Å². The molecule has 0 radical (unpaired) electrons. The fraction of sp³-hybridized carbons (Fsp3) is 0.542.